The molecule has 0 saturated heterocycles. The van der Waals surface area contributed by atoms with E-state index in [-0.39, 0.29) is 17.2 Å². The third kappa shape index (κ3) is 2.79. The molecule has 0 unspecified atom stereocenters. The lowest BCUT2D eigenvalue weighted by molar-refractivity contribution is 0.0660. The quantitative estimate of drug-likeness (QED) is 0.892. The number of rotatable bonds is 3. The Kier molecular flexibility index (Phi) is 3.33. The Balaban J connectivity index is 2.20. The number of hydrogen-bond acceptors (Lipinski definition) is 3. The highest BCUT2D eigenvalue weighted by molar-refractivity contribution is 6.03. The van der Waals surface area contributed by atoms with Crippen molar-refractivity contribution in [2.24, 2.45) is 0 Å². The molecule has 1 heterocycles. The topological polar surface area (TPSA) is 79.5 Å². The molecule has 0 fully saturated rings. The van der Waals surface area contributed by atoms with Gasteiger partial charge in [-0.1, -0.05) is 6.07 Å². The van der Waals surface area contributed by atoms with Gasteiger partial charge in [0.05, 0.1) is 5.69 Å². The maximum Gasteiger partial charge on any atom is 0.371 e. The molecule has 2 N–H and O–H groups in total. The molecule has 5 nitrogen and oxygen atoms in total. The molecule has 2 rings (SSSR count). The van der Waals surface area contributed by atoms with Crippen molar-refractivity contribution in [2.75, 3.05) is 5.32 Å². The van der Waals surface area contributed by atoms with Crippen LogP contribution in [-0.4, -0.2) is 17.0 Å². The number of furan rings is 1. The monoisotopic (exact) mass is 263 g/mol. The van der Waals surface area contributed by atoms with Crippen LogP contribution in [0.4, 0.5) is 10.1 Å². The zero-order valence-electron chi connectivity index (χ0n) is 9.94. The number of hydrogen-bond donors (Lipinski definition) is 2. The van der Waals surface area contributed by atoms with Crippen molar-refractivity contribution in [1.82, 2.24) is 0 Å². The number of anilines is 1. The van der Waals surface area contributed by atoms with Crippen molar-refractivity contribution in [2.45, 2.75) is 6.92 Å². The van der Waals surface area contributed by atoms with Gasteiger partial charge in [0.2, 0.25) is 5.76 Å². The smallest absolute Gasteiger partial charge is 0.371 e. The molecular weight excluding hydrogens is 253 g/mol. The molecule has 2 aromatic rings. The molecule has 0 aliphatic heterocycles. The third-order valence-corrected chi connectivity index (χ3v) is 2.41. The van der Waals surface area contributed by atoms with Gasteiger partial charge in [-0.05, 0) is 36.8 Å². The van der Waals surface area contributed by atoms with E-state index in [0.717, 1.165) is 11.6 Å². The second kappa shape index (κ2) is 4.93. The van der Waals surface area contributed by atoms with E-state index in [1.165, 1.54) is 18.2 Å². The van der Waals surface area contributed by atoms with Crippen molar-refractivity contribution in [1.29, 1.82) is 0 Å². The Hall–Kier alpha value is -2.63. The van der Waals surface area contributed by atoms with Gasteiger partial charge in [-0.25, -0.2) is 9.18 Å². The number of amides is 1. The first-order chi connectivity index (χ1) is 8.97. The number of carboxylic acids is 1. The number of carbonyl (C=O) groups is 2. The van der Waals surface area contributed by atoms with Crippen LogP contribution in [0.2, 0.25) is 0 Å². The number of benzene rings is 1. The van der Waals surface area contributed by atoms with Gasteiger partial charge in [0, 0.05) is 0 Å². The number of aryl methyl sites for hydroxylation is 1. The second-order valence-electron chi connectivity index (χ2n) is 3.91. The van der Waals surface area contributed by atoms with Crippen LogP contribution in [-0.2, 0) is 0 Å². The fraction of sp³-hybridized carbons (Fsp3) is 0.0769. The van der Waals surface area contributed by atoms with Gasteiger partial charge in [-0.3, -0.25) is 4.79 Å². The number of carbonyl (C=O) groups excluding carboxylic acids is 1. The highest BCUT2D eigenvalue weighted by Gasteiger charge is 2.16. The first-order valence-corrected chi connectivity index (χ1v) is 5.38. The highest BCUT2D eigenvalue weighted by atomic mass is 19.1. The van der Waals surface area contributed by atoms with Gasteiger partial charge in [0.25, 0.3) is 5.91 Å². The predicted octanol–water partition coefficient (Wildman–Crippen LogP) is 2.68. The molecule has 0 bridgehead atoms. The summed E-state index contributed by atoms with van der Waals surface area (Å²) in [6.07, 6.45) is 0. The first-order valence-electron chi connectivity index (χ1n) is 5.38. The normalized spacial score (nSPS) is 10.2. The van der Waals surface area contributed by atoms with E-state index in [1.807, 2.05) is 0 Å². The Morgan fingerprint density at radius 1 is 1.21 bits per heavy atom. The Bertz CT molecular complexity index is 648. The fourth-order valence-electron chi connectivity index (χ4n) is 1.49. The average molecular weight is 263 g/mol. The summed E-state index contributed by atoms with van der Waals surface area (Å²) in [5.74, 6) is -3.12. The van der Waals surface area contributed by atoms with Crippen LogP contribution in [0.15, 0.2) is 34.7 Å². The van der Waals surface area contributed by atoms with Crippen molar-refractivity contribution in [3.05, 3.63) is 53.2 Å². The fourth-order valence-corrected chi connectivity index (χ4v) is 1.49. The number of carboxylic acid groups (broad SMARTS) is 1. The predicted molar refractivity (Wildman–Crippen MR) is 64.8 cm³/mol. The summed E-state index contributed by atoms with van der Waals surface area (Å²) in [7, 11) is 0. The molecule has 0 radical (unpaired) electrons. The molecule has 0 atom stereocenters. The van der Waals surface area contributed by atoms with E-state index in [4.69, 9.17) is 9.52 Å². The van der Waals surface area contributed by atoms with Crippen molar-refractivity contribution < 1.29 is 23.5 Å². The summed E-state index contributed by atoms with van der Waals surface area (Å²) in [5.41, 5.74) is 0.792. The highest BCUT2D eigenvalue weighted by Crippen LogP contribution is 2.17. The molecule has 1 aromatic carbocycles. The van der Waals surface area contributed by atoms with Crippen molar-refractivity contribution in [3.63, 3.8) is 0 Å². The molecule has 19 heavy (non-hydrogen) atoms. The summed E-state index contributed by atoms with van der Waals surface area (Å²) in [4.78, 5) is 22.4. The third-order valence-electron chi connectivity index (χ3n) is 2.41. The molecule has 0 aliphatic carbocycles. The molecule has 6 heteroatoms. The van der Waals surface area contributed by atoms with Crippen LogP contribution in [0.5, 0.6) is 0 Å². The van der Waals surface area contributed by atoms with E-state index < -0.39 is 17.7 Å². The molecule has 0 saturated carbocycles. The van der Waals surface area contributed by atoms with Gasteiger partial charge >= 0.3 is 5.97 Å². The first kappa shape index (κ1) is 12.8. The van der Waals surface area contributed by atoms with E-state index in [0.29, 0.717) is 0 Å². The van der Waals surface area contributed by atoms with E-state index in [9.17, 15) is 14.0 Å². The molecule has 1 amide bonds. The lowest BCUT2D eigenvalue weighted by Crippen LogP contribution is -2.12. The standard InChI is InChI=1S/C13H10FNO4/c1-7-2-3-8(14)9(6-7)15-12(16)10-4-5-11(19-10)13(17)18/h2-6H,1H3,(H,15,16)(H,17,18). The minimum Gasteiger partial charge on any atom is -0.475 e. The Morgan fingerprint density at radius 3 is 2.53 bits per heavy atom. The number of halogens is 1. The summed E-state index contributed by atoms with van der Waals surface area (Å²) in [5, 5.41) is 11.0. The maximum absolute atomic E-state index is 13.4. The van der Waals surface area contributed by atoms with Crippen LogP contribution in [0.3, 0.4) is 0 Å². The Labute approximate surface area is 107 Å². The average Bonchev–Trinajstić information content (AvgIpc) is 2.83. The molecule has 1 aromatic heterocycles. The van der Waals surface area contributed by atoms with Gasteiger partial charge in [0.15, 0.2) is 5.76 Å². The maximum atomic E-state index is 13.4. The number of aromatic carboxylic acids is 1. The molecule has 0 aliphatic rings. The minimum atomic E-state index is -1.28. The summed E-state index contributed by atoms with van der Waals surface area (Å²) in [6, 6.07) is 6.64. The summed E-state index contributed by atoms with van der Waals surface area (Å²) in [6.45, 7) is 1.75. The van der Waals surface area contributed by atoms with Crippen molar-refractivity contribution >= 4 is 17.6 Å². The van der Waals surface area contributed by atoms with Crippen LogP contribution in [0.25, 0.3) is 0 Å². The summed E-state index contributed by atoms with van der Waals surface area (Å²) < 4.78 is 18.3. The largest absolute Gasteiger partial charge is 0.475 e. The van der Waals surface area contributed by atoms with Gasteiger partial charge < -0.3 is 14.8 Å². The van der Waals surface area contributed by atoms with Gasteiger partial charge in [-0.15, -0.1) is 0 Å². The van der Waals surface area contributed by atoms with E-state index in [1.54, 1.807) is 13.0 Å². The van der Waals surface area contributed by atoms with Crippen molar-refractivity contribution in [3.8, 4) is 0 Å². The number of nitrogens with one attached hydrogen (secondary N) is 1. The van der Waals surface area contributed by atoms with Gasteiger partial charge in [0.1, 0.15) is 5.82 Å². The van der Waals surface area contributed by atoms with Gasteiger partial charge in [-0.2, -0.15) is 0 Å². The Morgan fingerprint density at radius 2 is 1.89 bits per heavy atom. The van der Waals surface area contributed by atoms with E-state index in [2.05, 4.69) is 5.32 Å². The van der Waals surface area contributed by atoms with Crippen LogP contribution >= 0.6 is 0 Å². The lowest BCUT2D eigenvalue weighted by Gasteiger charge is -2.05. The lowest BCUT2D eigenvalue weighted by atomic mass is 10.2. The van der Waals surface area contributed by atoms with Crippen LogP contribution in [0, 0.1) is 12.7 Å². The SMILES string of the molecule is Cc1ccc(F)c(NC(=O)c2ccc(C(=O)O)o2)c1. The molecule has 98 valence electrons. The zero-order chi connectivity index (χ0) is 14.0. The van der Waals surface area contributed by atoms with Crippen LogP contribution in [0.1, 0.15) is 26.7 Å². The minimum absolute atomic E-state index is 0.0123. The molecule has 0 spiro atoms. The van der Waals surface area contributed by atoms with Crippen LogP contribution < -0.4 is 5.32 Å². The second-order valence-corrected chi connectivity index (χ2v) is 3.91. The zero-order valence-corrected chi connectivity index (χ0v) is 9.94. The molecular formula is C13H10FNO4. The van der Waals surface area contributed by atoms with E-state index >= 15 is 0 Å². The summed E-state index contributed by atoms with van der Waals surface area (Å²) >= 11 is 0.